The molecule has 66 valence electrons. The largest absolute Gasteiger partial charge is 2.00 e. The van der Waals surface area contributed by atoms with Crippen LogP contribution in [-0.2, 0) is 34.1 Å². The minimum Gasteiger partial charge on any atom is -0.356 e. The standard InChI is InChI=1S/2Cu.2NO3/c;;2*2-1(3)4/q2*+2;2*-1. The summed E-state index contributed by atoms with van der Waals surface area (Å²) in [5, 5.41) is 29.5. The smallest absolute Gasteiger partial charge is 0.356 e. The molecule has 0 aliphatic heterocycles. The van der Waals surface area contributed by atoms with E-state index in [0.29, 0.717) is 0 Å². The van der Waals surface area contributed by atoms with E-state index in [4.69, 9.17) is 30.6 Å². The van der Waals surface area contributed by atoms with Crippen molar-refractivity contribution in [3.8, 4) is 0 Å². The van der Waals surface area contributed by atoms with Gasteiger partial charge in [-0.15, -0.1) is 0 Å². The van der Waals surface area contributed by atoms with Gasteiger partial charge in [0.15, 0.2) is 0 Å². The Balaban J connectivity index is -0.0000000300. The number of hydrogen-bond donors (Lipinski definition) is 0. The molecular weight excluding hydrogens is 251 g/mol. The molecule has 0 atom stereocenters. The Morgan fingerprint density at radius 3 is 0.700 bits per heavy atom. The van der Waals surface area contributed by atoms with E-state index < -0.39 is 10.2 Å². The fraction of sp³-hybridized carbons (Fsp3) is 0. The minimum absolute atomic E-state index is 0. The van der Waals surface area contributed by atoms with Crippen LogP contribution in [-0.4, -0.2) is 10.2 Å². The first-order chi connectivity index (χ1) is 3.46. The van der Waals surface area contributed by atoms with Gasteiger partial charge in [0.2, 0.25) is 0 Å². The van der Waals surface area contributed by atoms with Crippen molar-refractivity contribution in [1.29, 1.82) is 0 Å². The van der Waals surface area contributed by atoms with Crippen LogP contribution in [0.25, 0.3) is 0 Å². The van der Waals surface area contributed by atoms with Crippen molar-refractivity contribution in [2.45, 2.75) is 0 Å². The minimum atomic E-state index is -1.75. The zero-order valence-corrected chi connectivity index (χ0v) is 5.83. The Morgan fingerprint density at radius 2 is 0.700 bits per heavy atom. The molecule has 0 aliphatic carbocycles. The van der Waals surface area contributed by atoms with Crippen LogP contribution >= 0.6 is 0 Å². The van der Waals surface area contributed by atoms with E-state index in [1.807, 2.05) is 0 Å². The molecule has 10 heavy (non-hydrogen) atoms. The molecule has 0 spiro atoms. The van der Waals surface area contributed by atoms with Crippen LogP contribution in [0.1, 0.15) is 0 Å². The van der Waals surface area contributed by atoms with Gasteiger partial charge in [-0.3, -0.25) is 0 Å². The van der Waals surface area contributed by atoms with Crippen LogP contribution in [0.4, 0.5) is 0 Å². The van der Waals surface area contributed by atoms with Gasteiger partial charge in [0.05, 0.1) is 10.2 Å². The molecule has 0 N–H and O–H groups in total. The van der Waals surface area contributed by atoms with E-state index in [9.17, 15) is 0 Å². The first-order valence-corrected chi connectivity index (χ1v) is 1.10. The Labute approximate surface area is 75.4 Å². The second-order valence-corrected chi connectivity index (χ2v) is 0.447. The van der Waals surface area contributed by atoms with E-state index in [0.717, 1.165) is 0 Å². The second-order valence-electron chi connectivity index (χ2n) is 0.447. The van der Waals surface area contributed by atoms with Crippen LogP contribution in [0.2, 0.25) is 0 Å². The van der Waals surface area contributed by atoms with E-state index >= 15 is 0 Å². The van der Waals surface area contributed by atoms with Crippen molar-refractivity contribution in [2.24, 2.45) is 0 Å². The topological polar surface area (TPSA) is 132 Å². The van der Waals surface area contributed by atoms with Crippen molar-refractivity contribution < 1.29 is 44.3 Å². The van der Waals surface area contributed by atoms with Gasteiger partial charge in [-0.1, -0.05) is 0 Å². The maximum atomic E-state index is 8.25. The molecule has 0 saturated carbocycles. The third-order valence-corrected chi connectivity index (χ3v) is 0. The van der Waals surface area contributed by atoms with Crippen LogP contribution in [0.3, 0.4) is 0 Å². The quantitative estimate of drug-likeness (QED) is 0.324. The fourth-order valence-corrected chi connectivity index (χ4v) is 0. The Hall–Kier alpha value is -0.561. The summed E-state index contributed by atoms with van der Waals surface area (Å²) in [6.45, 7) is 0. The van der Waals surface area contributed by atoms with Gasteiger partial charge in [0, 0.05) is 0 Å². The maximum Gasteiger partial charge on any atom is 2.00 e. The van der Waals surface area contributed by atoms with Gasteiger partial charge >= 0.3 is 34.1 Å². The number of nitrogens with zero attached hydrogens (tertiary/aromatic N) is 2. The van der Waals surface area contributed by atoms with Crippen molar-refractivity contribution in [1.82, 2.24) is 0 Å². The van der Waals surface area contributed by atoms with Gasteiger partial charge < -0.3 is 30.6 Å². The molecule has 0 amide bonds. The average Bonchev–Trinajstić information content (AvgIpc) is 1.25. The maximum absolute atomic E-state index is 8.25. The van der Waals surface area contributed by atoms with Crippen LogP contribution in [0.15, 0.2) is 0 Å². The molecule has 0 unspecified atom stereocenters. The van der Waals surface area contributed by atoms with Crippen LogP contribution in [0, 0.1) is 30.6 Å². The number of hydrogen-bond acceptors (Lipinski definition) is 6. The normalized spacial score (nSPS) is 4.80. The molecule has 0 bridgehead atoms. The Bertz CT molecular complexity index is 71.7. The van der Waals surface area contributed by atoms with E-state index in [-0.39, 0.29) is 34.1 Å². The summed E-state index contributed by atoms with van der Waals surface area (Å²) >= 11 is 0. The van der Waals surface area contributed by atoms with Crippen molar-refractivity contribution in [2.75, 3.05) is 0 Å². The Kier molecular flexibility index (Phi) is 35.9. The zero-order chi connectivity index (χ0) is 7.15. The van der Waals surface area contributed by atoms with Gasteiger partial charge in [-0.05, 0) is 0 Å². The summed E-state index contributed by atoms with van der Waals surface area (Å²) in [4.78, 5) is 16.5. The molecule has 0 aromatic carbocycles. The molecule has 0 aromatic rings. The van der Waals surface area contributed by atoms with Crippen LogP contribution < -0.4 is 0 Å². The molecule has 0 saturated heterocycles. The SMILES string of the molecule is O=[N+]([O-])[O-].O=[N+]([O-])[O-].[Cu+2].[Cu+2]. The van der Waals surface area contributed by atoms with Crippen molar-refractivity contribution in [3.63, 3.8) is 0 Å². The fourth-order valence-electron chi connectivity index (χ4n) is 0. The van der Waals surface area contributed by atoms with Crippen molar-refractivity contribution >= 4 is 0 Å². The zero-order valence-electron chi connectivity index (χ0n) is 3.95. The molecule has 0 rings (SSSR count). The molecular formula is Cu2N2O6+2. The summed E-state index contributed by atoms with van der Waals surface area (Å²) in [5.74, 6) is 0. The first-order valence-electron chi connectivity index (χ1n) is 1.10. The predicted octanol–water partition coefficient (Wildman–Crippen LogP) is -0.483. The van der Waals surface area contributed by atoms with Crippen LogP contribution in [0.5, 0.6) is 0 Å². The summed E-state index contributed by atoms with van der Waals surface area (Å²) in [6.07, 6.45) is 0. The third-order valence-electron chi connectivity index (χ3n) is 0. The van der Waals surface area contributed by atoms with Crippen molar-refractivity contribution in [3.05, 3.63) is 30.6 Å². The van der Waals surface area contributed by atoms with E-state index in [1.165, 1.54) is 0 Å². The molecule has 0 fully saturated rings. The molecule has 0 heterocycles. The van der Waals surface area contributed by atoms with E-state index in [2.05, 4.69) is 0 Å². The molecule has 8 nitrogen and oxygen atoms in total. The summed E-state index contributed by atoms with van der Waals surface area (Å²) in [5.41, 5.74) is 0. The molecule has 0 aromatic heterocycles. The molecule has 0 aliphatic rings. The summed E-state index contributed by atoms with van der Waals surface area (Å²) in [7, 11) is 0. The van der Waals surface area contributed by atoms with Gasteiger partial charge in [0.1, 0.15) is 0 Å². The Morgan fingerprint density at radius 1 is 0.700 bits per heavy atom. The monoisotopic (exact) mass is 250 g/mol. The van der Waals surface area contributed by atoms with Gasteiger partial charge in [-0.2, -0.15) is 0 Å². The summed E-state index contributed by atoms with van der Waals surface area (Å²) < 4.78 is 0. The molecule has 10 heteroatoms. The third kappa shape index (κ3) is 980. The predicted molar refractivity (Wildman–Crippen MR) is 20.7 cm³/mol. The number of rotatable bonds is 0. The second kappa shape index (κ2) is 15.8. The van der Waals surface area contributed by atoms with Gasteiger partial charge in [-0.25, -0.2) is 0 Å². The summed E-state index contributed by atoms with van der Waals surface area (Å²) in [6, 6.07) is 0. The van der Waals surface area contributed by atoms with Gasteiger partial charge in [0.25, 0.3) is 0 Å². The first kappa shape index (κ1) is 22.7. The average molecular weight is 251 g/mol. The molecule has 2 radical (unpaired) electrons. The van der Waals surface area contributed by atoms with E-state index in [1.54, 1.807) is 0 Å².